The second kappa shape index (κ2) is 4.37. The van der Waals surface area contributed by atoms with Gasteiger partial charge in [-0.1, -0.05) is 18.2 Å². The molecule has 0 saturated heterocycles. The van der Waals surface area contributed by atoms with Gasteiger partial charge in [-0.25, -0.2) is 4.98 Å². The highest BCUT2D eigenvalue weighted by atomic mass is 79.9. The van der Waals surface area contributed by atoms with Crippen LogP contribution in [0.4, 0.5) is 5.69 Å². The molecule has 0 amide bonds. The van der Waals surface area contributed by atoms with Crippen LogP contribution in [0.2, 0.25) is 0 Å². The molecule has 0 atom stereocenters. The van der Waals surface area contributed by atoms with E-state index in [-0.39, 0.29) is 0 Å². The Morgan fingerprint density at radius 2 is 2.06 bits per heavy atom. The zero-order valence-corrected chi connectivity index (χ0v) is 12.2. The number of nitrogens with two attached hydrogens (primary N) is 1. The smallest absolute Gasteiger partial charge is 0.125 e. The van der Waals surface area contributed by atoms with Crippen LogP contribution in [0.25, 0.3) is 20.8 Å². The minimum Gasteiger partial charge on any atom is -0.399 e. The van der Waals surface area contributed by atoms with E-state index in [0.29, 0.717) is 0 Å². The number of halogens is 1. The van der Waals surface area contributed by atoms with Crippen LogP contribution < -0.4 is 5.73 Å². The van der Waals surface area contributed by atoms with Crippen molar-refractivity contribution in [3.05, 3.63) is 46.4 Å². The number of benzene rings is 2. The van der Waals surface area contributed by atoms with Crippen molar-refractivity contribution in [2.24, 2.45) is 0 Å². The lowest BCUT2D eigenvalue weighted by molar-refractivity contribution is 1.40. The van der Waals surface area contributed by atoms with Gasteiger partial charge in [-0.2, -0.15) is 0 Å². The van der Waals surface area contributed by atoms with E-state index in [9.17, 15) is 0 Å². The zero-order chi connectivity index (χ0) is 12.7. The molecule has 0 radical (unpaired) electrons. The molecule has 1 aromatic heterocycles. The van der Waals surface area contributed by atoms with Crippen molar-refractivity contribution in [3.63, 3.8) is 0 Å². The van der Waals surface area contributed by atoms with Crippen LogP contribution in [-0.4, -0.2) is 4.98 Å². The van der Waals surface area contributed by atoms with Gasteiger partial charge in [0, 0.05) is 15.7 Å². The second-order valence-corrected chi connectivity index (χ2v) is 6.01. The summed E-state index contributed by atoms with van der Waals surface area (Å²) in [4.78, 5) is 4.66. The van der Waals surface area contributed by atoms with Crippen molar-refractivity contribution in [1.82, 2.24) is 4.98 Å². The van der Waals surface area contributed by atoms with Gasteiger partial charge in [-0.05, 0) is 46.6 Å². The third-order valence-corrected chi connectivity index (χ3v) is 4.94. The minimum absolute atomic E-state index is 0.779. The molecule has 0 unspecified atom stereocenters. The van der Waals surface area contributed by atoms with Gasteiger partial charge in [0.2, 0.25) is 0 Å². The SMILES string of the molecule is Cc1cccc(-c2nc3ccc(N)cc3s2)c1Br. The maximum atomic E-state index is 5.80. The molecule has 0 aliphatic carbocycles. The van der Waals surface area contributed by atoms with Gasteiger partial charge in [-0.15, -0.1) is 11.3 Å². The summed E-state index contributed by atoms with van der Waals surface area (Å²) in [5.74, 6) is 0. The van der Waals surface area contributed by atoms with Crippen molar-refractivity contribution in [2.75, 3.05) is 5.73 Å². The third-order valence-electron chi connectivity index (χ3n) is 2.83. The van der Waals surface area contributed by atoms with E-state index in [0.717, 1.165) is 30.9 Å². The summed E-state index contributed by atoms with van der Waals surface area (Å²) in [5, 5.41) is 1.02. The average Bonchev–Trinajstić information content (AvgIpc) is 2.75. The lowest BCUT2D eigenvalue weighted by Gasteiger charge is -2.02. The van der Waals surface area contributed by atoms with Gasteiger partial charge in [0.1, 0.15) is 5.01 Å². The Kier molecular flexibility index (Phi) is 2.84. The fourth-order valence-corrected chi connectivity index (χ4v) is 3.50. The normalized spacial score (nSPS) is 11.0. The maximum absolute atomic E-state index is 5.80. The first-order valence-electron chi connectivity index (χ1n) is 5.57. The maximum Gasteiger partial charge on any atom is 0.125 e. The highest BCUT2D eigenvalue weighted by Gasteiger charge is 2.10. The summed E-state index contributed by atoms with van der Waals surface area (Å²) in [6, 6.07) is 12.0. The standard InChI is InChI=1S/C14H11BrN2S/c1-8-3-2-4-10(13(8)15)14-17-11-6-5-9(16)7-12(11)18-14/h2-7H,16H2,1H3. The Morgan fingerprint density at radius 1 is 1.22 bits per heavy atom. The number of hydrogen-bond donors (Lipinski definition) is 1. The molecule has 2 nitrogen and oxygen atoms in total. The molecule has 2 aromatic carbocycles. The summed E-state index contributed by atoms with van der Waals surface area (Å²) < 4.78 is 2.23. The molecule has 2 N–H and O–H groups in total. The van der Waals surface area contributed by atoms with E-state index < -0.39 is 0 Å². The lowest BCUT2D eigenvalue weighted by atomic mass is 10.1. The van der Waals surface area contributed by atoms with Crippen molar-refractivity contribution in [1.29, 1.82) is 0 Å². The topological polar surface area (TPSA) is 38.9 Å². The fraction of sp³-hybridized carbons (Fsp3) is 0.0714. The molecule has 0 saturated carbocycles. The quantitative estimate of drug-likeness (QED) is 0.665. The minimum atomic E-state index is 0.779. The van der Waals surface area contributed by atoms with E-state index >= 15 is 0 Å². The van der Waals surface area contributed by atoms with Crippen LogP contribution in [-0.2, 0) is 0 Å². The molecule has 90 valence electrons. The molecule has 0 bridgehead atoms. The number of aromatic nitrogens is 1. The summed E-state index contributed by atoms with van der Waals surface area (Å²) in [5.41, 5.74) is 9.92. The Balaban J connectivity index is 2.22. The number of nitrogen functional groups attached to an aromatic ring is 1. The van der Waals surface area contributed by atoms with Crippen molar-refractivity contribution < 1.29 is 0 Å². The molecule has 4 heteroatoms. The second-order valence-electron chi connectivity index (χ2n) is 4.18. The molecule has 0 spiro atoms. The molecular formula is C14H11BrN2S. The highest BCUT2D eigenvalue weighted by molar-refractivity contribution is 9.10. The number of fused-ring (bicyclic) bond motifs is 1. The number of thiazole rings is 1. The fourth-order valence-electron chi connectivity index (χ4n) is 1.87. The van der Waals surface area contributed by atoms with E-state index in [1.54, 1.807) is 11.3 Å². The molecule has 1 heterocycles. The summed E-state index contributed by atoms with van der Waals surface area (Å²) >= 11 is 5.30. The molecule has 18 heavy (non-hydrogen) atoms. The Bertz CT molecular complexity index is 734. The first-order chi connectivity index (χ1) is 8.65. The van der Waals surface area contributed by atoms with Gasteiger partial charge < -0.3 is 5.73 Å². The van der Waals surface area contributed by atoms with E-state index in [2.05, 4.69) is 46.0 Å². The van der Waals surface area contributed by atoms with Crippen LogP contribution in [0.15, 0.2) is 40.9 Å². The van der Waals surface area contributed by atoms with Crippen molar-refractivity contribution >= 4 is 43.2 Å². The van der Waals surface area contributed by atoms with Crippen LogP contribution in [0.1, 0.15) is 5.56 Å². The predicted octanol–water partition coefficient (Wildman–Crippen LogP) is 4.62. The summed E-state index contributed by atoms with van der Waals surface area (Å²) in [6.07, 6.45) is 0. The Morgan fingerprint density at radius 3 is 2.89 bits per heavy atom. The summed E-state index contributed by atoms with van der Waals surface area (Å²) in [7, 11) is 0. The highest BCUT2D eigenvalue weighted by Crippen LogP contribution is 2.36. The zero-order valence-electron chi connectivity index (χ0n) is 9.77. The number of rotatable bonds is 1. The summed E-state index contributed by atoms with van der Waals surface area (Å²) in [6.45, 7) is 2.08. The molecule has 3 rings (SSSR count). The predicted molar refractivity (Wildman–Crippen MR) is 81.9 cm³/mol. The molecule has 0 aliphatic heterocycles. The van der Waals surface area contributed by atoms with E-state index in [1.807, 2.05) is 18.2 Å². The van der Waals surface area contributed by atoms with Gasteiger partial charge in [0.15, 0.2) is 0 Å². The third kappa shape index (κ3) is 1.91. The van der Waals surface area contributed by atoms with Gasteiger partial charge in [-0.3, -0.25) is 0 Å². The van der Waals surface area contributed by atoms with Crippen LogP contribution in [0.3, 0.4) is 0 Å². The van der Waals surface area contributed by atoms with Gasteiger partial charge in [0.25, 0.3) is 0 Å². The van der Waals surface area contributed by atoms with Gasteiger partial charge in [0.05, 0.1) is 10.2 Å². The first kappa shape index (κ1) is 11.7. The lowest BCUT2D eigenvalue weighted by Crippen LogP contribution is -1.82. The Labute approximate surface area is 118 Å². The van der Waals surface area contributed by atoms with E-state index in [1.165, 1.54) is 5.56 Å². The van der Waals surface area contributed by atoms with Crippen LogP contribution in [0, 0.1) is 6.92 Å². The molecule has 3 aromatic rings. The Hall–Kier alpha value is -1.39. The molecular weight excluding hydrogens is 308 g/mol. The average molecular weight is 319 g/mol. The van der Waals surface area contributed by atoms with Crippen LogP contribution in [0.5, 0.6) is 0 Å². The van der Waals surface area contributed by atoms with Crippen LogP contribution >= 0.6 is 27.3 Å². The number of hydrogen-bond acceptors (Lipinski definition) is 3. The largest absolute Gasteiger partial charge is 0.399 e. The van der Waals surface area contributed by atoms with Gasteiger partial charge >= 0.3 is 0 Å². The monoisotopic (exact) mass is 318 g/mol. The first-order valence-corrected chi connectivity index (χ1v) is 7.17. The number of nitrogens with zero attached hydrogens (tertiary/aromatic N) is 1. The van der Waals surface area contributed by atoms with E-state index in [4.69, 9.17) is 5.73 Å². The van der Waals surface area contributed by atoms with Crippen molar-refractivity contribution in [3.8, 4) is 10.6 Å². The number of anilines is 1. The molecule has 0 aliphatic rings. The number of aryl methyl sites for hydroxylation is 1. The molecule has 0 fully saturated rings. The van der Waals surface area contributed by atoms with Crippen molar-refractivity contribution in [2.45, 2.75) is 6.92 Å².